The summed E-state index contributed by atoms with van der Waals surface area (Å²) in [7, 11) is 1.68. The molecular weight excluding hydrogens is 471 g/mol. The molecule has 2 aromatic carbocycles. The summed E-state index contributed by atoms with van der Waals surface area (Å²) in [5.74, 6) is -1.86. The molecule has 3 unspecified atom stereocenters. The Labute approximate surface area is 214 Å². The summed E-state index contributed by atoms with van der Waals surface area (Å²) in [5.41, 5.74) is 3.70. The molecule has 3 aliphatic rings. The Balaban J connectivity index is 1.31. The van der Waals surface area contributed by atoms with Gasteiger partial charge in [-0.25, -0.2) is 9.38 Å². The van der Waals surface area contributed by atoms with Crippen LogP contribution in [0, 0.1) is 17.2 Å². The monoisotopic (exact) mass is 500 g/mol. The van der Waals surface area contributed by atoms with Crippen LogP contribution in [0.2, 0.25) is 0 Å². The number of carbonyl (C=O) groups excluding carboxylic acids is 2. The summed E-state index contributed by atoms with van der Waals surface area (Å²) < 4.78 is 21.8. The molecule has 3 aromatic rings. The molecule has 0 radical (unpaired) electrons. The summed E-state index contributed by atoms with van der Waals surface area (Å²) in [6.45, 7) is 1.14. The van der Waals surface area contributed by atoms with Crippen LogP contribution in [-0.2, 0) is 23.0 Å². The van der Waals surface area contributed by atoms with Crippen LogP contribution in [0.5, 0.6) is 0 Å². The first-order chi connectivity index (χ1) is 17.9. The predicted molar refractivity (Wildman–Crippen MR) is 137 cm³/mol. The average Bonchev–Trinajstić information content (AvgIpc) is 3.22. The van der Waals surface area contributed by atoms with E-state index < -0.39 is 11.8 Å². The summed E-state index contributed by atoms with van der Waals surface area (Å²) >= 11 is 0. The van der Waals surface area contributed by atoms with Gasteiger partial charge in [0, 0.05) is 43.6 Å². The number of nitrogens with one attached hydrogen (secondary N) is 1. The molecule has 8 heteroatoms. The van der Waals surface area contributed by atoms with E-state index in [-0.39, 0.29) is 29.0 Å². The van der Waals surface area contributed by atoms with Crippen molar-refractivity contribution >= 4 is 23.7 Å². The molecule has 37 heavy (non-hydrogen) atoms. The fourth-order valence-electron chi connectivity index (χ4n) is 6.08. The number of nitrogens with zero attached hydrogens (tertiary/aromatic N) is 3. The lowest BCUT2D eigenvalue weighted by molar-refractivity contribution is -0.118. The number of aromatic nitrogens is 2. The van der Waals surface area contributed by atoms with Crippen molar-refractivity contribution in [1.29, 1.82) is 0 Å². The zero-order chi connectivity index (χ0) is 25.6. The molecule has 1 aromatic heterocycles. The molecule has 1 saturated carbocycles. The van der Waals surface area contributed by atoms with Crippen LogP contribution in [0.3, 0.4) is 0 Å². The van der Waals surface area contributed by atoms with Crippen LogP contribution in [-0.4, -0.2) is 41.0 Å². The highest BCUT2D eigenvalue weighted by Crippen LogP contribution is 2.65. The fourth-order valence-corrected chi connectivity index (χ4v) is 6.08. The third-order valence-corrected chi connectivity index (χ3v) is 8.18. The summed E-state index contributed by atoms with van der Waals surface area (Å²) in [4.78, 5) is 30.8. The van der Waals surface area contributed by atoms with Crippen LogP contribution in [0.4, 0.5) is 10.1 Å². The van der Waals surface area contributed by atoms with Crippen LogP contribution < -0.4 is 5.32 Å². The summed E-state index contributed by atoms with van der Waals surface area (Å²) in [6, 6.07) is 14.6. The van der Waals surface area contributed by atoms with Gasteiger partial charge in [0.1, 0.15) is 11.5 Å². The Hall–Kier alpha value is -3.65. The van der Waals surface area contributed by atoms with E-state index in [0.29, 0.717) is 30.2 Å². The Morgan fingerprint density at radius 3 is 2.76 bits per heavy atom. The maximum atomic E-state index is 14.9. The standard InChI is InChI=1S/C29H29FN4O3/c1-34-25(8-12-32-34)28(36)31-16-23(26-22-5-3-2-4-18(22)15-29(26)10-11-29)27(35)33-20-6-7-21(24(30)14-20)19-9-13-37-17-19/h2-8,12,14,16,19,23,26H,9-11,13,15,17H2,1H3,(H,33,35). The van der Waals surface area contributed by atoms with Gasteiger partial charge >= 0.3 is 0 Å². The molecule has 7 nitrogen and oxygen atoms in total. The van der Waals surface area contributed by atoms with Crippen LogP contribution >= 0.6 is 0 Å². The van der Waals surface area contributed by atoms with E-state index in [1.54, 1.807) is 25.2 Å². The molecule has 1 spiro atoms. The quantitative estimate of drug-likeness (QED) is 0.500. The van der Waals surface area contributed by atoms with Crippen molar-refractivity contribution in [3.63, 3.8) is 0 Å². The van der Waals surface area contributed by atoms with Crippen molar-refractivity contribution in [3.05, 3.63) is 82.9 Å². The number of hydrogen-bond acceptors (Lipinski definition) is 4. The van der Waals surface area contributed by atoms with Crippen molar-refractivity contribution < 1.29 is 18.7 Å². The second kappa shape index (κ2) is 9.34. The van der Waals surface area contributed by atoms with E-state index in [2.05, 4.69) is 27.5 Å². The Morgan fingerprint density at radius 2 is 2.05 bits per heavy atom. The van der Waals surface area contributed by atoms with Gasteiger partial charge in [-0.15, -0.1) is 0 Å². The third-order valence-electron chi connectivity index (χ3n) is 8.18. The van der Waals surface area contributed by atoms with Gasteiger partial charge in [-0.3, -0.25) is 14.3 Å². The van der Waals surface area contributed by atoms with Gasteiger partial charge in [0.2, 0.25) is 5.91 Å². The average molecular weight is 501 g/mol. The van der Waals surface area contributed by atoms with E-state index in [0.717, 1.165) is 31.2 Å². The summed E-state index contributed by atoms with van der Waals surface area (Å²) in [5, 5.41) is 6.95. The summed E-state index contributed by atoms with van der Waals surface area (Å²) in [6.07, 6.45) is 6.76. The predicted octanol–water partition coefficient (Wildman–Crippen LogP) is 4.65. The normalized spacial score (nSPS) is 22.3. The Bertz CT molecular complexity index is 1390. The maximum absolute atomic E-state index is 14.9. The SMILES string of the molecule is Cn1nccc1C(=O)N=CC(C(=O)Nc1ccc(C2CCOC2)c(F)c1)C1c2ccccc2CC12CC2. The Kier molecular flexibility index (Phi) is 5.99. The van der Waals surface area contributed by atoms with Crippen molar-refractivity contribution in [2.45, 2.75) is 37.5 Å². The molecular formula is C29H29FN4O3. The van der Waals surface area contributed by atoms with E-state index >= 15 is 0 Å². The van der Waals surface area contributed by atoms with E-state index in [4.69, 9.17) is 4.74 Å². The van der Waals surface area contributed by atoms with Crippen molar-refractivity contribution in [2.75, 3.05) is 18.5 Å². The second-order valence-corrected chi connectivity index (χ2v) is 10.5. The lowest BCUT2D eigenvalue weighted by atomic mass is 9.79. The number of aryl methyl sites for hydroxylation is 1. The maximum Gasteiger partial charge on any atom is 0.294 e. The van der Waals surface area contributed by atoms with Gasteiger partial charge in [0.05, 0.1) is 12.5 Å². The zero-order valence-corrected chi connectivity index (χ0v) is 20.7. The number of rotatable bonds is 6. The smallest absolute Gasteiger partial charge is 0.294 e. The number of benzene rings is 2. The minimum absolute atomic E-state index is 0.00906. The highest BCUT2D eigenvalue weighted by atomic mass is 19.1. The second-order valence-electron chi connectivity index (χ2n) is 10.5. The van der Waals surface area contributed by atoms with Gasteiger partial charge in [-0.1, -0.05) is 30.3 Å². The number of aliphatic imine (C=N–C) groups is 1. The first-order valence-corrected chi connectivity index (χ1v) is 12.8. The number of ether oxygens (including phenoxy) is 1. The first-order valence-electron chi connectivity index (χ1n) is 12.8. The molecule has 2 heterocycles. The molecule has 1 aliphatic heterocycles. The lowest BCUT2D eigenvalue weighted by Crippen LogP contribution is -2.33. The van der Waals surface area contributed by atoms with E-state index in [9.17, 15) is 14.0 Å². The number of amides is 2. The number of hydrogen-bond donors (Lipinski definition) is 1. The fraction of sp³-hybridized carbons (Fsp3) is 0.379. The highest BCUT2D eigenvalue weighted by molar-refractivity contribution is 6.07. The van der Waals surface area contributed by atoms with Crippen LogP contribution in [0.1, 0.15) is 58.3 Å². The van der Waals surface area contributed by atoms with Gasteiger partial charge < -0.3 is 10.1 Å². The van der Waals surface area contributed by atoms with Crippen molar-refractivity contribution in [2.24, 2.45) is 23.4 Å². The van der Waals surface area contributed by atoms with Gasteiger partial charge in [0.15, 0.2) is 0 Å². The topological polar surface area (TPSA) is 85.6 Å². The number of anilines is 1. The number of halogens is 1. The third kappa shape index (κ3) is 4.39. The van der Waals surface area contributed by atoms with Gasteiger partial charge in [-0.05, 0) is 66.0 Å². The molecule has 0 bridgehead atoms. The van der Waals surface area contributed by atoms with Crippen LogP contribution in [0.25, 0.3) is 0 Å². The zero-order valence-electron chi connectivity index (χ0n) is 20.7. The molecule has 2 amide bonds. The Morgan fingerprint density at radius 1 is 1.22 bits per heavy atom. The molecule has 2 fully saturated rings. The highest BCUT2D eigenvalue weighted by Gasteiger charge is 2.57. The molecule has 3 atom stereocenters. The van der Waals surface area contributed by atoms with Crippen molar-refractivity contribution in [1.82, 2.24) is 9.78 Å². The molecule has 190 valence electrons. The van der Waals surface area contributed by atoms with Gasteiger partial charge in [0.25, 0.3) is 5.91 Å². The first kappa shape index (κ1) is 23.7. The van der Waals surface area contributed by atoms with E-state index in [1.807, 2.05) is 12.1 Å². The number of carbonyl (C=O) groups is 2. The lowest BCUT2D eigenvalue weighted by Gasteiger charge is -2.26. The van der Waals surface area contributed by atoms with Crippen LogP contribution in [0.15, 0.2) is 59.7 Å². The number of fused-ring (bicyclic) bond motifs is 1. The molecule has 1 N–H and O–H groups in total. The van der Waals surface area contributed by atoms with E-state index in [1.165, 1.54) is 28.7 Å². The molecule has 6 rings (SSSR count). The minimum atomic E-state index is -0.686. The molecule has 2 aliphatic carbocycles. The minimum Gasteiger partial charge on any atom is -0.381 e. The van der Waals surface area contributed by atoms with Gasteiger partial charge in [-0.2, -0.15) is 5.10 Å². The van der Waals surface area contributed by atoms with Crippen molar-refractivity contribution in [3.8, 4) is 0 Å². The largest absolute Gasteiger partial charge is 0.381 e. The molecule has 1 saturated heterocycles.